The molecule has 0 atom stereocenters. The van der Waals surface area contributed by atoms with Gasteiger partial charge in [-0.15, -0.1) is 0 Å². The molecule has 148 valence electrons. The molecule has 0 radical (unpaired) electrons. The Morgan fingerprint density at radius 2 is 1.72 bits per heavy atom. The summed E-state index contributed by atoms with van der Waals surface area (Å²) in [5, 5.41) is 0.814. The third-order valence-corrected chi connectivity index (χ3v) is 4.94. The molecule has 0 bridgehead atoms. The van der Waals surface area contributed by atoms with Gasteiger partial charge in [0.25, 0.3) is 11.8 Å². The van der Waals surface area contributed by atoms with Crippen molar-refractivity contribution in [3.8, 4) is 17.2 Å². The molecule has 2 amide bonds. The lowest BCUT2D eigenvalue weighted by Gasteiger charge is -2.18. The number of carbonyl (C=O) groups is 2. The fourth-order valence-electron chi connectivity index (χ4n) is 2.88. The molecule has 1 aliphatic heterocycles. The summed E-state index contributed by atoms with van der Waals surface area (Å²) in [6, 6.07) is 11.9. The van der Waals surface area contributed by atoms with Crippen LogP contribution in [0.1, 0.15) is 20.7 Å². The maximum Gasteiger partial charge on any atom is 0.269 e. The van der Waals surface area contributed by atoms with Gasteiger partial charge in [-0.3, -0.25) is 25.0 Å². The van der Waals surface area contributed by atoms with Gasteiger partial charge in [0.05, 0.1) is 0 Å². The number of nitrogens with zero attached hydrogens (tertiary/aromatic N) is 2. The van der Waals surface area contributed by atoms with Gasteiger partial charge in [-0.25, -0.2) is 4.98 Å². The fourth-order valence-corrected chi connectivity index (χ4v) is 3.41. The van der Waals surface area contributed by atoms with E-state index in [1.165, 1.54) is 11.8 Å². The first-order valence-corrected chi connectivity index (χ1v) is 10.1. The second-order valence-electron chi connectivity index (χ2n) is 6.10. The molecule has 0 saturated heterocycles. The van der Waals surface area contributed by atoms with Crippen molar-refractivity contribution >= 4 is 23.6 Å². The summed E-state index contributed by atoms with van der Waals surface area (Å²) >= 11 is 1.51. The molecule has 0 unspecified atom stereocenters. The molecular formula is C20H18N4O4S. The SMILES string of the molecule is CSc1nccn1-c1cccc(C(=O)NNC(=O)c2ccc3c(c2)OCCO3)c1. The molecule has 9 heteroatoms. The summed E-state index contributed by atoms with van der Waals surface area (Å²) in [6.45, 7) is 0.908. The molecule has 4 rings (SSSR count). The van der Waals surface area contributed by atoms with E-state index < -0.39 is 11.8 Å². The van der Waals surface area contributed by atoms with Gasteiger partial charge in [-0.2, -0.15) is 0 Å². The second kappa shape index (κ2) is 8.27. The normalized spacial score (nSPS) is 12.3. The van der Waals surface area contributed by atoms with Crippen LogP contribution in [0.2, 0.25) is 0 Å². The number of amides is 2. The first-order valence-electron chi connectivity index (χ1n) is 8.84. The molecule has 3 aromatic rings. The van der Waals surface area contributed by atoms with Crippen LogP contribution in [0.4, 0.5) is 0 Å². The van der Waals surface area contributed by atoms with Crippen molar-refractivity contribution in [1.29, 1.82) is 0 Å². The molecular weight excluding hydrogens is 392 g/mol. The third-order valence-electron chi connectivity index (χ3n) is 4.27. The van der Waals surface area contributed by atoms with Crippen molar-refractivity contribution in [3.63, 3.8) is 0 Å². The summed E-state index contributed by atoms with van der Waals surface area (Å²) in [5.41, 5.74) is 6.42. The molecule has 0 spiro atoms. The minimum Gasteiger partial charge on any atom is -0.486 e. The molecule has 0 aliphatic carbocycles. The number of imidazole rings is 1. The lowest BCUT2D eigenvalue weighted by molar-refractivity contribution is 0.0846. The summed E-state index contributed by atoms with van der Waals surface area (Å²) in [4.78, 5) is 29.1. The number of hydrazine groups is 1. The second-order valence-corrected chi connectivity index (χ2v) is 6.87. The van der Waals surface area contributed by atoms with E-state index in [1.807, 2.05) is 23.1 Å². The van der Waals surface area contributed by atoms with Crippen LogP contribution in [0.25, 0.3) is 5.69 Å². The van der Waals surface area contributed by atoms with Crippen molar-refractivity contribution in [2.75, 3.05) is 19.5 Å². The number of rotatable bonds is 4. The lowest BCUT2D eigenvalue weighted by atomic mass is 10.2. The van der Waals surface area contributed by atoms with Crippen molar-refractivity contribution < 1.29 is 19.1 Å². The van der Waals surface area contributed by atoms with E-state index in [0.717, 1.165) is 10.8 Å². The van der Waals surface area contributed by atoms with Gasteiger partial charge in [-0.05, 0) is 42.7 Å². The number of aromatic nitrogens is 2. The number of thioether (sulfide) groups is 1. The minimum absolute atomic E-state index is 0.353. The van der Waals surface area contributed by atoms with Gasteiger partial charge in [0, 0.05) is 29.2 Å². The Morgan fingerprint density at radius 1 is 1.00 bits per heavy atom. The van der Waals surface area contributed by atoms with E-state index in [0.29, 0.717) is 35.8 Å². The first kappa shape index (κ1) is 18.9. The number of benzene rings is 2. The van der Waals surface area contributed by atoms with Gasteiger partial charge < -0.3 is 9.47 Å². The molecule has 8 nitrogen and oxygen atoms in total. The molecule has 2 heterocycles. The van der Waals surface area contributed by atoms with Crippen LogP contribution in [0.3, 0.4) is 0 Å². The van der Waals surface area contributed by atoms with Crippen molar-refractivity contribution in [3.05, 3.63) is 66.0 Å². The summed E-state index contributed by atoms with van der Waals surface area (Å²) in [5.74, 6) is 0.222. The van der Waals surface area contributed by atoms with Crippen molar-refractivity contribution in [2.45, 2.75) is 5.16 Å². The zero-order valence-electron chi connectivity index (χ0n) is 15.5. The van der Waals surface area contributed by atoms with E-state index in [2.05, 4.69) is 15.8 Å². The highest BCUT2D eigenvalue weighted by molar-refractivity contribution is 7.98. The van der Waals surface area contributed by atoms with Crippen molar-refractivity contribution in [2.24, 2.45) is 0 Å². The Bertz CT molecular complexity index is 1070. The average molecular weight is 410 g/mol. The highest BCUT2D eigenvalue weighted by Gasteiger charge is 2.16. The monoisotopic (exact) mass is 410 g/mol. The number of carbonyl (C=O) groups excluding carboxylic acids is 2. The van der Waals surface area contributed by atoms with E-state index >= 15 is 0 Å². The number of hydrogen-bond acceptors (Lipinski definition) is 6. The average Bonchev–Trinajstić information content (AvgIpc) is 3.26. The van der Waals surface area contributed by atoms with Crippen LogP contribution in [0.15, 0.2) is 60.0 Å². The maximum absolute atomic E-state index is 12.5. The molecule has 0 saturated carbocycles. The molecule has 0 fully saturated rings. The summed E-state index contributed by atoms with van der Waals surface area (Å²) < 4.78 is 12.8. The molecule has 2 aromatic carbocycles. The quantitative estimate of drug-likeness (QED) is 0.507. The first-order chi connectivity index (χ1) is 14.2. The Hall–Kier alpha value is -3.46. The maximum atomic E-state index is 12.5. The summed E-state index contributed by atoms with van der Waals surface area (Å²) in [6.07, 6.45) is 5.46. The molecule has 1 aromatic heterocycles. The fraction of sp³-hybridized carbons (Fsp3) is 0.150. The van der Waals surface area contributed by atoms with Crippen LogP contribution in [0.5, 0.6) is 11.5 Å². The standard InChI is InChI=1S/C20H18N4O4S/c1-29-20-21-7-8-24(20)15-4-2-3-13(11-15)18(25)22-23-19(26)14-5-6-16-17(12-14)28-10-9-27-16/h2-8,11-12H,9-10H2,1H3,(H,22,25)(H,23,26). The number of nitrogens with one attached hydrogen (secondary N) is 2. The lowest BCUT2D eigenvalue weighted by Crippen LogP contribution is -2.41. The highest BCUT2D eigenvalue weighted by Crippen LogP contribution is 2.30. The molecule has 2 N–H and O–H groups in total. The van der Waals surface area contributed by atoms with Gasteiger partial charge in [0.1, 0.15) is 13.2 Å². The van der Waals surface area contributed by atoms with Gasteiger partial charge in [0.15, 0.2) is 16.7 Å². The van der Waals surface area contributed by atoms with Gasteiger partial charge in [-0.1, -0.05) is 17.8 Å². The van der Waals surface area contributed by atoms with Crippen LogP contribution >= 0.6 is 11.8 Å². The molecule has 29 heavy (non-hydrogen) atoms. The van der Waals surface area contributed by atoms with Gasteiger partial charge >= 0.3 is 0 Å². The smallest absolute Gasteiger partial charge is 0.269 e. The Kier molecular flexibility index (Phi) is 5.39. The van der Waals surface area contributed by atoms with Crippen LogP contribution in [-0.4, -0.2) is 40.8 Å². The minimum atomic E-state index is -0.453. The van der Waals surface area contributed by atoms with Crippen LogP contribution in [0, 0.1) is 0 Å². The predicted molar refractivity (Wildman–Crippen MR) is 108 cm³/mol. The number of fused-ring (bicyclic) bond motifs is 1. The molecule has 1 aliphatic rings. The van der Waals surface area contributed by atoms with E-state index in [9.17, 15) is 9.59 Å². The van der Waals surface area contributed by atoms with Crippen molar-refractivity contribution in [1.82, 2.24) is 20.4 Å². The van der Waals surface area contributed by atoms with Crippen LogP contribution < -0.4 is 20.3 Å². The Balaban J connectivity index is 1.43. The third kappa shape index (κ3) is 4.04. The largest absolute Gasteiger partial charge is 0.486 e. The zero-order valence-corrected chi connectivity index (χ0v) is 16.4. The zero-order chi connectivity index (χ0) is 20.2. The number of hydrogen-bond donors (Lipinski definition) is 2. The predicted octanol–water partition coefficient (Wildman–Crippen LogP) is 2.44. The van der Waals surface area contributed by atoms with E-state index in [1.54, 1.807) is 42.6 Å². The highest BCUT2D eigenvalue weighted by atomic mass is 32.2. The number of ether oxygens (including phenoxy) is 2. The van der Waals surface area contributed by atoms with Crippen LogP contribution in [-0.2, 0) is 0 Å². The van der Waals surface area contributed by atoms with E-state index in [-0.39, 0.29) is 0 Å². The Labute approximate surface area is 171 Å². The van der Waals surface area contributed by atoms with Gasteiger partial charge in [0.2, 0.25) is 0 Å². The topological polar surface area (TPSA) is 94.5 Å². The summed E-state index contributed by atoms with van der Waals surface area (Å²) in [7, 11) is 0. The van der Waals surface area contributed by atoms with E-state index in [4.69, 9.17) is 9.47 Å². The Morgan fingerprint density at radius 3 is 2.48 bits per heavy atom.